The molecule has 0 spiro atoms. The molecular formula is C16H25NS. The van der Waals surface area contributed by atoms with Crippen molar-refractivity contribution in [3.63, 3.8) is 0 Å². The third kappa shape index (κ3) is 3.76. The molecule has 2 heteroatoms. The second kappa shape index (κ2) is 7.20. The second-order valence-electron chi connectivity index (χ2n) is 5.51. The van der Waals surface area contributed by atoms with Crippen molar-refractivity contribution in [2.45, 2.75) is 32.1 Å². The van der Waals surface area contributed by atoms with Gasteiger partial charge in [-0.1, -0.05) is 31.2 Å². The van der Waals surface area contributed by atoms with E-state index in [0.717, 1.165) is 24.9 Å². The van der Waals surface area contributed by atoms with Gasteiger partial charge in [-0.25, -0.2) is 0 Å². The monoisotopic (exact) mass is 263 g/mol. The summed E-state index contributed by atoms with van der Waals surface area (Å²) >= 11 is 1.94. The summed E-state index contributed by atoms with van der Waals surface area (Å²) in [6.45, 7) is 4.63. The summed E-state index contributed by atoms with van der Waals surface area (Å²) in [6, 6.07) is 8.99. The number of rotatable bonds is 6. The van der Waals surface area contributed by atoms with Gasteiger partial charge in [0.2, 0.25) is 0 Å². The van der Waals surface area contributed by atoms with Crippen molar-refractivity contribution in [3.05, 3.63) is 35.4 Å². The first-order valence-corrected chi connectivity index (χ1v) is 8.48. The molecule has 2 atom stereocenters. The van der Waals surface area contributed by atoms with Crippen LogP contribution in [0.1, 0.15) is 36.8 Å². The van der Waals surface area contributed by atoms with E-state index in [-0.39, 0.29) is 0 Å². The van der Waals surface area contributed by atoms with E-state index in [4.69, 9.17) is 0 Å². The van der Waals surface area contributed by atoms with Crippen molar-refractivity contribution in [2.24, 2.45) is 5.92 Å². The van der Waals surface area contributed by atoms with E-state index in [9.17, 15) is 0 Å². The minimum absolute atomic E-state index is 0.733. The summed E-state index contributed by atoms with van der Waals surface area (Å²) in [5.74, 6) is 2.77. The van der Waals surface area contributed by atoms with E-state index in [1.807, 2.05) is 11.8 Å². The van der Waals surface area contributed by atoms with Crippen LogP contribution in [0.15, 0.2) is 24.3 Å². The minimum Gasteiger partial charge on any atom is -0.316 e. The molecule has 100 valence electrons. The molecule has 0 heterocycles. The smallest absolute Gasteiger partial charge is 0.00203 e. The van der Waals surface area contributed by atoms with Crippen LogP contribution in [0.2, 0.25) is 0 Å². The lowest BCUT2D eigenvalue weighted by molar-refractivity contribution is 0.479. The number of thioether (sulfide) groups is 1. The quantitative estimate of drug-likeness (QED) is 0.840. The highest BCUT2D eigenvalue weighted by molar-refractivity contribution is 7.98. The molecule has 0 aliphatic heterocycles. The van der Waals surface area contributed by atoms with Gasteiger partial charge in [0.05, 0.1) is 0 Å². The third-order valence-electron chi connectivity index (χ3n) is 3.83. The van der Waals surface area contributed by atoms with Gasteiger partial charge >= 0.3 is 0 Å². The Hall–Kier alpha value is -0.470. The first kappa shape index (κ1) is 14.0. The van der Waals surface area contributed by atoms with Crippen LogP contribution in [0.3, 0.4) is 0 Å². The Morgan fingerprint density at radius 1 is 1.39 bits per heavy atom. The molecule has 2 unspecified atom stereocenters. The third-order valence-corrected chi connectivity index (χ3v) is 4.73. The summed E-state index contributed by atoms with van der Waals surface area (Å²) in [5, 5.41) is 3.67. The average Bonchev–Trinajstić information content (AvgIpc) is 2.39. The summed E-state index contributed by atoms with van der Waals surface area (Å²) in [4.78, 5) is 0. The summed E-state index contributed by atoms with van der Waals surface area (Å²) in [5.41, 5.74) is 3.17. The van der Waals surface area contributed by atoms with Crippen LogP contribution in [0.4, 0.5) is 0 Å². The highest BCUT2D eigenvalue weighted by Gasteiger charge is 2.19. The van der Waals surface area contributed by atoms with Gasteiger partial charge in [0, 0.05) is 6.54 Å². The van der Waals surface area contributed by atoms with Gasteiger partial charge in [-0.15, -0.1) is 0 Å². The Labute approximate surface area is 116 Å². The lowest BCUT2D eigenvalue weighted by Gasteiger charge is -2.26. The fraction of sp³-hybridized carbons (Fsp3) is 0.625. The summed E-state index contributed by atoms with van der Waals surface area (Å²) < 4.78 is 0. The lowest BCUT2D eigenvalue weighted by atomic mass is 9.83. The molecule has 0 amide bonds. The molecule has 2 rings (SSSR count). The Morgan fingerprint density at radius 3 is 3.06 bits per heavy atom. The number of hydrogen-bond donors (Lipinski definition) is 1. The van der Waals surface area contributed by atoms with Gasteiger partial charge in [-0.05, 0) is 60.8 Å². The van der Waals surface area contributed by atoms with Gasteiger partial charge in [-0.3, -0.25) is 0 Å². The average molecular weight is 263 g/mol. The Morgan fingerprint density at radius 2 is 2.22 bits per heavy atom. The van der Waals surface area contributed by atoms with Gasteiger partial charge in [0.1, 0.15) is 0 Å². The highest BCUT2D eigenvalue weighted by atomic mass is 32.2. The topological polar surface area (TPSA) is 12.0 Å². The van der Waals surface area contributed by atoms with Crippen molar-refractivity contribution in [1.82, 2.24) is 5.32 Å². The molecule has 1 nitrogen and oxygen atoms in total. The first-order chi connectivity index (χ1) is 8.81. The maximum absolute atomic E-state index is 3.67. The number of hydrogen-bond acceptors (Lipinski definition) is 2. The Kier molecular flexibility index (Phi) is 5.58. The zero-order valence-electron chi connectivity index (χ0n) is 11.6. The SMILES string of the molecule is CSCC(C)CNCC1CCCc2ccccc21. The molecule has 18 heavy (non-hydrogen) atoms. The molecule has 0 fully saturated rings. The second-order valence-corrected chi connectivity index (χ2v) is 6.42. The van der Waals surface area contributed by atoms with Crippen LogP contribution in [-0.4, -0.2) is 25.1 Å². The van der Waals surface area contributed by atoms with Gasteiger partial charge in [-0.2, -0.15) is 11.8 Å². The van der Waals surface area contributed by atoms with Crippen LogP contribution in [-0.2, 0) is 6.42 Å². The zero-order valence-corrected chi connectivity index (χ0v) is 12.4. The van der Waals surface area contributed by atoms with Crippen LogP contribution < -0.4 is 5.32 Å². The molecule has 0 saturated heterocycles. The standard InChI is InChI=1S/C16H25NS/c1-13(12-18-2)10-17-11-15-8-5-7-14-6-3-4-9-16(14)15/h3-4,6,9,13,15,17H,5,7-8,10-12H2,1-2H3. The Balaban J connectivity index is 1.84. The molecule has 1 aliphatic carbocycles. The Bertz CT molecular complexity index is 364. The molecule has 0 aromatic heterocycles. The van der Waals surface area contributed by atoms with Crippen molar-refractivity contribution in [2.75, 3.05) is 25.1 Å². The lowest BCUT2D eigenvalue weighted by Crippen LogP contribution is -2.28. The number of fused-ring (bicyclic) bond motifs is 1. The summed E-state index contributed by atoms with van der Waals surface area (Å²) in [7, 11) is 0. The maximum atomic E-state index is 3.67. The van der Waals surface area contributed by atoms with Crippen molar-refractivity contribution >= 4 is 11.8 Å². The first-order valence-electron chi connectivity index (χ1n) is 7.08. The summed E-state index contributed by atoms with van der Waals surface area (Å²) in [6.07, 6.45) is 6.16. The van der Waals surface area contributed by atoms with Crippen LogP contribution in [0, 0.1) is 5.92 Å². The van der Waals surface area contributed by atoms with Crippen LogP contribution in [0.25, 0.3) is 0 Å². The molecule has 1 aliphatic rings. The molecule has 0 radical (unpaired) electrons. The van der Waals surface area contributed by atoms with Crippen LogP contribution >= 0.6 is 11.8 Å². The van der Waals surface area contributed by atoms with Gasteiger partial charge in [0.15, 0.2) is 0 Å². The van der Waals surface area contributed by atoms with Crippen molar-refractivity contribution in [3.8, 4) is 0 Å². The molecule has 1 aromatic carbocycles. The van der Waals surface area contributed by atoms with E-state index in [2.05, 4.69) is 42.8 Å². The minimum atomic E-state index is 0.733. The van der Waals surface area contributed by atoms with E-state index in [1.54, 1.807) is 11.1 Å². The van der Waals surface area contributed by atoms with E-state index in [1.165, 1.54) is 25.0 Å². The maximum Gasteiger partial charge on any atom is 0.00203 e. The fourth-order valence-corrected chi connectivity index (χ4v) is 3.60. The molecular weight excluding hydrogens is 238 g/mol. The zero-order chi connectivity index (χ0) is 12.8. The highest BCUT2D eigenvalue weighted by Crippen LogP contribution is 2.30. The fourth-order valence-electron chi connectivity index (χ4n) is 2.91. The number of aryl methyl sites for hydroxylation is 1. The predicted molar refractivity (Wildman–Crippen MR) is 82.5 cm³/mol. The van der Waals surface area contributed by atoms with E-state index in [0.29, 0.717) is 0 Å². The molecule has 1 aromatic rings. The van der Waals surface area contributed by atoms with Crippen molar-refractivity contribution in [1.29, 1.82) is 0 Å². The molecule has 1 N–H and O–H groups in total. The molecule has 0 saturated carbocycles. The normalized spacial score (nSPS) is 20.4. The molecule has 0 bridgehead atoms. The van der Waals surface area contributed by atoms with Gasteiger partial charge in [0.25, 0.3) is 0 Å². The van der Waals surface area contributed by atoms with E-state index < -0.39 is 0 Å². The van der Waals surface area contributed by atoms with Gasteiger partial charge < -0.3 is 5.32 Å². The van der Waals surface area contributed by atoms with E-state index >= 15 is 0 Å². The number of nitrogens with one attached hydrogen (secondary N) is 1. The predicted octanol–water partition coefficient (Wildman–Crippen LogP) is 3.70. The van der Waals surface area contributed by atoms with Crippen LogP contribution in [0.5, 0.6) is 0 Å². The largest absolute Gasteiger partial charge is 0.316 e. The van der Waals surface area contributed by atoms with Crippen molar-refractivity contribution < 1.29 is 0 Å². The number of benzene rings is 1.